The molecule has 3 aromatic carbocycles. The monoisotopic (exact) mass is 668 g/mol. The topological polar surface area (TPSA) is 120 Å². The fourth-order valence-corrected chi connectivity index (χ4v) is 6.50. The van der Waals surface area contributed by atoms with Crippen molar-refractivity contribution in [1.29, 1.82) is 0 Å². The van der Waals surface area contributed by atoms with E-state index in [2.05, 4.69) is 10.6 Å². The molecule has 2 aliphatic carbocycles. The minimum absolute atomic E-state index is 0.0443. The number of amides is 2. The molecule has 0 heterocycles. The summed E-state index contributed by atoms with van der Waals surface area (Å²) in [6.45, 7) is 2.00. The number of carbonyl (C=O) groups is 4. The van der Waals surface area contributed by atoms with E-state index in [1.54, 1.807) is 24.3 Å². The van der Waals surface area contributed by atoms with E-state index in [4.69, 9.17) is 14.2 Å². The smallest absolute Gasteiger partial charge is 0.339 e. The lowest BCUT2D eigenvalue weighted by Crippen LogP contribution is -2.28. The van der Waals surface area contributed by atoms with Gasteiger partial charge in [0.25, 0.3) is 11.8 Å². The molecule has 0 radical (unpaired) electrons. The number of aryl methyl sites for hydroxylation is 1. The zero-order valence-electron chi connectivity index (χ0n) is 28.7. The van der Waals surface area contributed by atoms with Gasteiger partial charge in [-0.25, -0.2) is 9.59 Å². The van der Waals surface area contributed by atoms with Gasteiger partial charge in [-0.2, -0.15) is 0 Å². The van der Waals surface area contributed by atoms with Crippen molar-refractivity contribution in [2.24, 2.45) is 0 Å². The van der Waals surface area contributed by atoms with Gasteiger partial charge in [0.1, 0.15) is 23.7 Å². The summed E-state index contributed by atoms with van der Waals surface area (Å²) in [6.07, 6.45) is 12.8. The predicted octanol–water partition coefficient (Wildman–Crippen LogP) is 8.94. The molecule has 0 spiro atoms. The summed E-state index contributed by atoms with van der Waals surface area (Å²) < 4.78 is 17.8. The Morgan fingerprint density at radius 3 is 1.41 bits per heavy atom. The first-order valence-electron chi connectivity index (χ1n) is 17.8. The van der Waals surface area contributed by atoms with Crippen LogP contribution in [0.25, 0.3) is 0 Å². The normalized spacial score (nSPS) is 16.2. The highest BCUT2D eigenvalue weighted by molar-refractivity contribution is 6.15. The molecule has 0 bridgehead atoms. The first-order chi connectivity index (χ1) is 23.8. The highest BCUT2D eigenvalue weighted by Gasteiger charge is 2.30. The fraction of sp³-hybridized carbons (Fsp3) is 0.450. The Labute approximate surface area is 289 Å². The van der Waals surface area contributed by atoms with Crippen molar-refractivity contribution < 1.29 is 33.4 Å². The number of hydrogen-bond donors (Lipinski definition) is 2. The first-order valence-corrected chi connectivity index (χ1v) is 17.8. The lowest BCUT2D eigenvalue weighted by Gasteiger charge is -2.22. The van der Waals surface area contributed by atoms with Crippen molar-refractivity contribution in [3.8, 4) is 11.5 Å². The summed E-state index contributed by atoms with van der Waals surface area (Å²) in [4.78, 5) is 54.6. The average molecular weight is 669 g/mol. The van der Waals surface area contributed by atoms with Gasteiger partial charge in [0, 0.05) is 12.7 Å². The molecular formula is C40H48N2O7. The molecule has 0 aromatic heterocycles. The standard InChI is InChI=1S/C40H48N2O7/c1-27-17-21-31(22-18-27)47-32-23-19-28(20-24-32)42-38(44)34-26-35(39(45)48-29-13-9-5-3-6-10-14-29)33(37(43)41-2)25-36(34)40(46)49-30-15-11-7-4-8-12-16-30/h17-26,29-30H,3-16H2,1-2H3,(H,41,43)(H,42,44). The van der Waals surface area contributed by atoms with Gasteiger partial charge in [-0.15, -0.1) is 0 Å². The highest BCUT2D eigenvalue weighted by atomic mass is 16.5. The number of anilines is 1. The van der Waals surface area contributed by atoms with Gasteiger partial charge in [-0.1, -0.05) is 56.2 Å². The zero-order chi connectivity index (χ0) is 34.6. The molecule has 0 aliphatic heterocycles. The van der Waals surface area contributed by atoms with Crippen LogP contribution in [0.5, 0.6) is 11.5 Å². The molecule has 260 valence electrons. The molecule has 9 heteroatoms. The molecule has 2 aliphatic rings. The number of carbonyl (C=O) groups excluding carboxylic acids is 4. The molecule has 5 rings (SSSR count). The summed E-state index contributed by atoms with van der Waals surface area (Å²) in [6, 6.07) is 17.1. The van der Waals surface area contributed by atoms with Crippen molar-refractivity contribution in [2.75, 3.05) is 12.4 Å². The van der Waals surface area contributed by atoms with Gasteiger partial charge in [0.05, 0.1) is 22.3 Å². The van der Waals surface area contributed by atoms with Crippen LogP contribution in [0.3, 0.4) is 0 Å². The zero-order valence-corrected chi connectivity index (χ0v) is 28.7. The maximum Gasteiger partial charge on any atom is 0.339 e. The summed E-state index contributed by atoms with van der Waals surface area (Å²) in [5, 5.41) is 5.41. The van der Waals surface area contributed by atoms with E-state index in [1.807, 2.05) is 31.2 Å². The molecule has 2 saturated carbocycles. The van der Waals surface area contributed by atoms with Crippen LogP contribution in [-0.4, -0.2) is 43.0 Å². The molecule has 0 atom stereocenters. The van der Waals surface area contributed by atoms with Crippen LogP contribution in [-0.2, 0) is 9.47 Å². The van der Waals surface area contributed by atoms with Gasteiger partial charge in [0.15, 0.2) is 0 Å². The predicted molar refractivity (Wildman–Crippen MR) is 189 cm³/mol. The van der Waals surface area contributed by atoms with E-state index < -0.39 is 23.8 Å². The van der Waals surface area contributed by atoms with E-state index in [1.165, 1.54) is 25.6 Å². The minimum atomic E-state index is -0.706. The Bertz CT molecular complexity index is 1580. The van der Waals surface area contributed by atoms with Crippen LogP contribution in [0.1, 0.15) is 137 Å². The molecular weight excluding hydrogens is 620 g/mol. The molecule has 0 unspecified atom stereocenters. The van der Waals surface area contributed by atoms with Crippen LogP contribution < -0.4 is 15.4 Å². The lowest BCUT2D eigenvalue weighted by molar-refractivity contribution is 0.0222. The quantitative estimate of drug-likeness (QED) is 0.219. The highest BCUT2D eigenvalue weighted by Crippen LogP contribution is 2.28. The maximum atomic E-state index is 13.9. The third kappa shape index (κ3) is 10.2. The summed E-state index contributed by atoms with van der Waals surface area (Å²) in [5.74, 6) is -1.33. The van der Waals surface area contributed by atoms with Gasteiger partial charge in [-0.3, -0.25) is 9.59 Å². The molecule has 2 amide bonds. The number of nitrogens with one attached hydrogen (secondary N) is 2. The summed E-state index contributed by atoms with van der Waals surface area (Å²) >= 11 is 0. The Hall–Kier alpha value is -4.66. The number of rotatable bonds is 9. The molecule has 2 fully saturated rings. The second-order valence-corrected chi connectivity index (χ2v) is 13.2. The molecule has 3 aromatic rings. The Kier molecular flexibility index (Phi) is 12.8. The Morgan fingerprint density at radius 2 is 0.959 bits per heavy atom. The number of ether oxygens (including phenoxy) is 3. The van der Waals surface area contributed by atoms with Gasteiger partial charge in [0.2, 0.25) is 0 Å². The van der Waals surface area contributed by atoms with E-state index in [9.17, 15) is 19.2 Å². The van der Waals surface area contributed by atoms with E-state index in [0.29, 0.717) is 17.2 Å². The summed E-state index contributed by atoms with van der Waals surface area (Å²) in [5.41, 5.74) is 1.30. The Morgan fingerprint density at radius 1 is 0.551 bits per heavy atom. The summed E-state index contributed by atoms with van der Waals surface area (Å²) in [7, 11) is 1.45. The van der Waals surface area contributed by atoms with Crippen LogP contribution in [0, 0.1) is 6.92 Å². The van der Waals surface area contributed by atoms with Gasteiger partial charge in [-0.05, 0) is 107 Å². The van der Waals surface area contributed by atoms with Crippen LogP contribution in [0.15, 0.2) is 60.7 Å². The van der Waals surface area contributed by atoms with Crippen LogP contribution in [0.2, 0.25) is 0 Å². The van der Waals surface area contributed by atoms with Crippen molar-refractivity contribution in [1.82, 2.24) is 5.32 Å². The molecule has 2 N–H and O–H groups in total. The SMILES string of the molecule is CNC(=O)c1cc(C(=O)OC2CCCCCCC2)c(C(=O)Nc2ccc(Oc3ccc(C)cc3)cc2)cc1C(=O)OC1CCCCCCC1. The second kappa shape index (κ2) is 17.7. The van der Waals surface area contributed by atoms with E-state index in [0.717, 1.165) is 89.0 Å². The average Bonchev–Trinajstić information content (AvgIpc) is 3.07. The maximum absolute atomic E-state index is 13.9. The van der Waals surface area contributed by atoms with Crippen molar-refractivity contribution in [2.45, 2.75) is 109 Å². The van der Waals surface area contributed by atoms with Crippen molar-refractivity contribution in [3.05, 3.63) is 88.5 Å². The third-order valence-corrected chi connectivity index (χ3v) is 9.33. The molecule has 9 nitrogen and oxygen atoms in total. The number of esters is 2. The Balaban J connectivity index is 1.44. The number of benzene rings is 3. The largest absolute Gasteiger partial charge is 0.459 e. The molecule has 49 heavy (non-hydrogen) atoms. The van der Waals surface area contributed by atoms with E-state index in [-0.39, 0.29) is 34.5 Å². The number of hydrogen-bond acceptors (Lipinski definition) is 7. The lowest BCUT2D eigenvalue weighted by atomic mass is 9.95. The molecule has 0 saturated heterocycles. The van der Waals surface area contributed by atoms with Gasteiger partial charge >= 0.3 is 11.9 Å². The third-order valence-electron chi connectivity index (χ3n) is 9.33. The van der Waals surface area contributed by atoms with Crippen LogP contribution >= 0.6 is 0 Å². The second-order valence-electron chi connectivity index (χ2n) is 13.2. The minimum Gasteiger partial charge on any atom is -0.459 e. The first kappa shape index (κ1) is 35.6. The van der Waals surface area contributed by atoms with Gasteiger partial charge < -0.3 is 24.8 Å². The fourth-order valence-electron chi connectivity index (χ4n) is 6.50. The van der Waals surface area contributed by atoms with Crippen molar-refractivity contribution in [3.63, 3.8) is 0 Å². The van der Waals surface area contributed by atoms with Crippen LogP contribution in [0.4, 0.5) is 5.69 Å². The van der Waals surface area contributed by atoms with Crippen molar-refractivity contribution >= 4 is 29.4 Å². The van der Waals surface area contributed by atoms with E-state index >= 15 is 0 Å².